The van der Waals surface area contributed by atoms with Gasteiger partial charge in [-0.3, -0.25) is 9.88 Å². The van der Waals surface area contributed by atoms with Gasteiger partial charge in [0, 0.05) is 23.1 Å². The van der Waals surface area contributed by atoms with Crippen LogP contribution in [0.4, 0.5) is 0 Å². The van der Waals surface area contributed by atoms with Crippen LogP contribution >= 0.6 is 15.9 Å². The monoisotopic (exact) mass is 270 g/mol. The molecule has 0 saturated heterocycles. The largest absolute Gasteiger partial charge is 0.295 e. The van der Waals surface area contributed by atoms with Gasteiger partial charge in [-0.15, -0.1) is 0 Å². The van der Waals surface area contributed by atoms with Gasteiger partial charge in [-0.25, -0.2) is 0 Å². The number of rotatable bonds is 4. The zero-order valence-electron chi connectivity index (χ0n) is 9.92. The Morgan fingerprint density at radius 2 is 2.07 bits per heavy atom. The van der Waals surface area contributed by atoms with E-state index in [1.165, 1.54) is 0 Å². The highest BCUT2D eigenvalue weighted by molar-refractivity contribution is 9.09. The Bertz CT molecular complexity index is 323. The molecule has 0 radical (unpaired) electrons. The fraction of sp³-hybridized carbons (Fsp3) is 0.583. The SMILES string of the molecule is Cc1cccc(CN(C)C(C)(C)CBr)n1. The lowest BCUT2D eigenvalue weighted by molar-refractivity contribution is 0.171. The molecule has 0 fully saturated rings. The van der Waals surface area contributed by atoms with E-state index in [1.54, 1.807) is 0 Å². The summed E-state index contributed by atoms with van der Waals surface area (Å²) >= 11 is 3.54. The average Bonchev–Trinajstić information content (AvgIpc) is 2.17. The molecular formula is C12H19BrN2. The number of hydrogen-bond donors (Lipinski definition) is 0. The Morgan fingerprint density at radius 3 is 2.60 bits per heavy atom. The van der Waals surface area contributed by atoms with Gasteiger partial charge in [-0.2, -0.15) is 0 Å². The summed E-state index contributed by atoms with van der Waals surface area (Å²) in [6, 6.07) is 6.17. The van der Waals surface area contributed by atoms with Crippen LogP contribution in [0.3, 0.4) is 0 Å². The van der Waals surface area contributed by atoms with Crippen molar-refractivity contribution in [2.24, 2.45) is 0 Å². The quantitative estimate of drug-likeness (QED) is 0.783. The van der Waals surface area contributed by atoms with Crippen molar-refractivity contribution in [3.63, 3.8) is 0 Å². The van der Waals surface area contributed by atoms with Crippen LogP contribution in [0.5, 0.6) is 0 Å². The zero-order valence-corrected chi connectivity index (χ0v) is 11.5. The van der Waals surface area contributed by atoms with Crippen molar-refractivity contribution in [1.82, 2.24) is 9.88 Å². The van der Waals surface area contributed by atoms with E-state index in [4.69, 9.17) is 0 Å². The summed E-state index contributed by atoms with van der Waals surface area (Å²) in [6.45, 7) is 7.36. The summed E-state index contributed by atoms with van der Waals surface area (Å²) in [4.78, 5) is 6.81. The first-order valence-electron chi connectivity index (χ1n) is 5.15. The summed E-state index contributed by atoms with van der Waals surface area (Å²) in [7, 11) is 2.13. The van der Waals surface area contributed by atoms with E-state index in [0.29, 0.717) is 0 Å². The normalized spacial score (nSPS) is 12.1. The maximum Gasteiger partial charge on any atom is 0.0547 e. The Hall–Kier alpha value is -0.410. The topological polar surface area (TPSA) is 16.1 Å². The molecule has 1 heterocycles. The van der Waals surface area contributed by atoms with Crippen LogP contribution in [0.25, 0.3) is 0 Å². The van der Waals surface area contributed by atoms with Gasteiger partial charge in [0.25, 0.3) is 0 Å². The number of hydrogen-bond acceptors (Lipinski definition) is 2. The number of alkyl halides is 1. The molecule has 84 valence electrons. The van der Waals surface area contributed by atoms with Crippen LogP contribution in [0.1, 0.15) is 25.2 Å². The molecule has 3 heteroatoms. The molecule has 0 aliphatic rings. The predicted octanol–water partition coefficient (Wildman–Crippen LogP) is 3.00. The lowest BCUT2D eigenvalue weighted by Crippen LogP contribution is -2.42. The van der Waals surface area contributed by atoms with Crippen molar-refractivity contribution in [2.45, 2.75) is 32.9 Å². The molecule has 0 spiro atoms. The third-order valence-electron chi connectivity index (χ3n) is 2.71. The molecule has 2 nitrogen and oxygen atoms in total. The molecule has 1 rings (SSSR count). The van der Waals surface area contributed by atoms with Gasteiger partial charge in [0.15, 0.2) is 0 Å². The first kappa shape index (κ1) is 12.7. The van der Waals surface area contributed by atoms with Crippen molar-refractivity contribution >= 4 is 15.9 Å². The second-order valence-corrected chi connectivity index (χ2v) is 5.13. The molecule has 15 heavy (non-hydrogen) atoms. The predicted molar refractivity (Wildman–Crippen MR) is 68.3 cm³/mol. The van der Waals surface area contributed by atoms with Crippen molar-refractivity contribution < 1.29 is 0 Å². The highest BCUT2D eigenvalue weighted by Crippen LogP contribution is 2.17. The highest BCUT2D eigenvalue weighted by atomic mass is 79.9. The van der Waals surface area contributed by atoms with Crippen LogP contribution < -0.4 is 0 Å². The second-order valence-electron chi connectivity index (χ2n) is 4.57. The van der Waals surface area contributed by atoms with Crippen LogP contribution in [-0.2, 0) is 6.54 Å². The van der Waals surface area contributed by atoms with Crippen molar-refractivity contribution in [2.75, 3.05) is 12.4 Å². The molecule has 0 aliphatic carbocycles. The van der Waals surface area contributed by atoms with Gasteiger partial charge in [0.05, 0.1) is 5.69 Å². The lowest BCUT2D eigenvalue weighted by Gasteiger charge is -2.33. The van der Waals surface area contributed by atoms with Gasteiger partial charge < -0.3 is 0 Å². The van der Waals surface area contributed by atoms with E-state index < -0.39 is 0 Å². The Kier molecular flexibility index (Phi) is 4.29. The highest BCUT2D eigenvalue weighted by Gasteiger charge is 2.22. The molecule has 0 N–H and O–H groups in total. The molecular weight excluding hydrogens is 252 g/mol. The number of pyridine rings is 1. The number of halogens is 1. The molecule has 0 bridgehead atoms. The maximum atomic E-state index is 4.50. The first-order valence-corrected chi connectivity index (χ1v) is 6.27. The molecule has 0 aromatic carbocycles. The van der Waals surface area contributed by atoms with E-state index in [-0.39, 0.29) is 5.54 Å². The molecule has 0 saturated carbocycles. The summed E-state index contributed by atoms with van der Waals surface area (Å²) in [6.07, 6.45) is 0. The summed E-state index contributed by atoms with van der Waals surface area (Å²) < 4.78 is 0. The third kappa shape index (κ3) is 3.58. The number of aromatic nitrogens is 1. The van der Waals surface area contributed by atoms with Gasteiger partial charge in [0.2, 0.25) is 0 Å². The second kappa shape index (κ2) is 5.08. The molecule has 1 aromatic rings. The smallest absolute Gasteiger partial charge is 0.0547 e. The Labute approximate surface area is 101 Å². The standard InChI is InChI=1S/C12H19BrN2/c1-10-6-5-7-11(14-10)8-15(4)12(2,3)9-13/h5-7H,8-9H2,1-4H3. The molecule has 0 aliphatic heterocycles. The summed E-state index contributed by atoms with van der Waals surface area (Å²) in [5.41, 5.74) is 2.37. The Balaban J connectivity index is 2.70. The van der Waals surface area contributed by atoms with E-state index >= 15 is 0 Å². The van der Waals surface area contributed by atoms with Crippen molar-refractivity contribution in [1.29, 1.82) is 0 Å². The van der Waals surface area contributed by atoms with Gasteiger partial charge in [-0.1, -0.05) is 22.0 Å². The maximum absolute atomic E-state index is 4.50. The molecule has 1 aromatic heterocycles. The summed E-state index contributed by atoms with van der Waals surface area (Å²) in [5, 5.41) is 0.961. The molecule has 0 atom stereocenters. The minimum absolute atomic E-state index is 0.158. The molecule has 0 amide bonds. The van der Waals surface area contributed by atoms with Gasteiger partial charge in [0.1, 0.15) is 0 Å². The van der Waals surface area contributed by atoms with Crippen LogP contribution in [0, 0.1) is 6.92 Å². The lowest BCUT2D eigenvalue weighted by atomic mass is 10.1. The zero-order chi connectivity index (χ0) is 11.5. The van der Waals surface area contributed by atoms with E-state index in [1.807, 2.05) is 13.0 Å². The van der Waals surface area contributed by atoms with E-state index in [2.05, 4.69) is 58.8 Å². The van der Waals surface area contributed by atoms with Crippen molar-refractivity contribution in [3.8, 4) is 0 Å². The number of nitrogens with zero attached hydrogens (tertiary/aromatic N) is 2. The summed E-state index contributed by atoms with van der Waals surface area (Å²) in [5.74, 6) is 0. The van der Waals surface area contributed by atoms with Gasteiger partial charge in [-0.05, 0) is 40.0 Å². The Morgan fingerprint density at radius 1 is 1.40 bits per heavy atom. The van der Waals surface area contributed by atoms with Crippen molar-refractivity contribution in [3.05, 3.63) is 29.6 Å². The number of aryl methyl sites for hydroxylation is 1. The fourth-order valence-electron chi connectivity index (χ4n) is 1.25. The first-order chi connectivity index (χ1) is 6.95. The minimum Gasteiger partial charge on any atom is -0.295 e. The van der Waals surface area contributed by atoms with Crippen LogP contribution in [0.15, 0.2) is 18.2 Å². The van der Waals surface area contributed by atoms with E-state index in [9.17, 15) is 0 Å². The van der Waals surface area contributed by atoms with Crippen LogP contribution in [-0.4, -0.2) is 27.8 Å². The average molecular weight is 271 g/mol. The van der Waals surface area contributed by atoms with Crippen LogP contribution in [0.2, 0.25) is 0 Å². The molecule has 0 unspecified atom stereocenters. The third-order valence-corrected chi connectivity index (χ3v) is 4.08. The van der Waals surface area contributed by atoms with E-state index in [0.717, 1.165) is 23.3 Å². The van der Waals surface area contributed by atoms with Gasteiger partial charge >= 0.3 is 0 Å². The minimum atomic E-state index is 0.158. The fourth-order valence-corrected chi connectivity index (χ4v) is 1.67.